The van der Waals surface area contributed by atoms with E-state index in [4.69, 9.17) is 5.73 Å². The van der Waals surface area contributed by atoms with Gasteiger partial charge in [-0.1, -0.05) is 0 Å². The van der Waals surface area contributed by atoms with Crippen LogP contribution in [0, 0.1) is 0 Å². The minimum Gasteiger partial charge on any atom is -0.366 e. The maximum Gasteiger partial charge on any atom is 0.240 e. The third kappa shape index (κ3) is 1.46. The Morgan fingerprint density at radius 3 is 2.88 bits per heavy atom. The lowest BCUT2D eigenvalue weighted by atomic mass is 10.4. The first-order valence-electron chi connectivity index (χ1n) is 4.68. The lowest BCUT2D eigenvalue weighted by Gasteiger charge is -2.01. The Bertz CT molecular complexity index is 699. The van der Waals surface area contributed by atoms with Crippen LogP contribution in [0.3, 0.4) is 0 Å². The topological polar surface area (TPSA) is 100 Å². The maximum atomic E-state index is 5.53. The normalized spacial score (nSPS) is 11.2. The van der Waals surface area contributed by atoms with Gasteiger partial charge < -0.3 is 5.73 Å². The molecule has 0 aliphatic carbocycles. The average Bonchev–Trinajstić information content (AvgIpc) is 2.83. The summed E-state index contributed by atoms with van der Waals surface area (Å²) in [6, 6.07) is 0. The second-order valence-electron chi connectivity index (χ2n) is 3.35. The van der Waals surface area contributed by atoms with Gasteiger partial charge in [0.05, 0.1) is 11.6 Å². The highest BCUT2D eigenvalue weighted by Crippen LogP contribution is 2.20. The van der Waals surface area contributed by atoms with Crippen LogP contribution in [0.25, 0.3) is 16.9 Å². The molecule has 0 fully saturated rings. The molecule has 0 atom stereocenters. The van der Waals surface area contributed by atoms with Gasteiger partial charge in [0.25, 0.3) is 0 Å². The molecule has 0 aliphatic heterocycles. The Morgan fingerprint density at radius 2 is 2.18 bits per heavy atom. The molecular formula is C8H7BrN8. The van der Waals surface area contributed by atoms with Gasteiger partial charge in [-0.05, 0) is 15.9 Å². The van der Waals surface area contributed by atoms with Gasteiger partial charge in [0.1, 0.15) is 6.33 Å². The molecular weight excluding hydrogens is 288 g/mol. The van der Waals surface area contributed by atoms with Crippen molar-refractivity contribution in [2.45, 2.75) is 0 Å². The molecule has 0 spiro atoms. The summed E-state index contributed by atoms with van der Waals surface area (Å²) in [4.78, 5) is 12.3. The molecule has 3 rings (SSSR count). The van der Waals surface area contributed by atoms with Gasteiger partial charge in [0, 0.05) is 7.05 Å². The zero-order valence-corrected chi connectivity index (χ0v) is 10.3. The summed E-state index contributed by atoms with van der Waals surface area (Å²) in [5.41, 5.74) is 6.25. The lowest BCUT2D eigenvalue weighted by molar-refractivity contribution is 0.783. The minimum absolute atomic E-state index is 0.174. The van der Waals surface area contributed by atoms with Crippen LogP contribution in [0.5, 0.6) is 0 Å². The predicted molar refractivity (Wildman–Crippen MR) is 63.3 cm³/mol. The van der Waals surface area contributed by atoms with E-state index in [1.165, 1.54) is 11.0 Å². The largest absolute Gasteiger partial charge is 0.366 e. The van der Waals surface area contributed by atoms with Crippen LogP contribution in [0.15, 0.2) is 17.3 Å². The second kappa shape index (κ2) is 3.48. The Hall–Kier alpha value is -2.03. The van der Waals surface area contributed by atoms with Crippen molar-refractivity contribution < 1.29 is 0 Å². The Morgan fingerprint density at radius 1 is 1.35 bits per heavy atom. The molecule has 0 saturated heterocycles. The third-order valence-corrected chi connectivity index (χ3v) is 2.81. The van der Waals surface area contributed by atoms with Crippen molar-refractivity contribution in [3.8, 4) is 5.82 Å². The molecule has 17 heavy (non-hydrogen) atoms. The predicted octanol–water partition coefficient (Wildman–Crippen LogP) is 0.289. The van der Waals surface area contributed by atoms with Crippen molar-refractivity contribution >= 4 is 32.9 Å². The number of aryl methyl sites for hydroxylation is 1. The molecule has 0 aromatic carbocycles. The van der Waals surface area contributed by atoms with E-state index in [2.05, 4.69) is 41.1 Å². The van der Waals surface area contributed by atoms with E-state index in [1.54, 1.807) is 10.9 Å². The number of nitrogen functional groups attached to an aromatic ring is 1. The molecule has 0 radical (unpaired) electrons. The van der Waals surface area contributed by atoms with E-state index in [1.807, 2.05) is 7.05 Å². The molecule has 3 aromatic heterocycles. The molecule has 9 heteroatoms. The van der Waals surface area contributed by atoms with Crippen molar-refractivity contribution in [3.05, 3.63) is 17.3 Å². The van der Waals surface area contributed by atoms with Crippen LogP contribution in [0.2, 0.25) is 0 Å². The molecule has 3 aromatic rings. The summed E-state index contributed by atoms with van der Waals surface area (Å²) < 4.78 is 3.65. The SMILES string of the molecule is Cn1ncc2c(-n3nc(N)nc3Br)ncnc21. The smallest absolute Gasteiger partial charge is 0.240 e. The molecule has 3 heterocycles. The molecule has 0 bridgehead atoms. The van der Waals surface area contributed by atoms with Gasteiger partial charge >= 0.3 is 0 Å². The van der Waals surface area contributed by atoms with E-state index >= 15 is 0 Å². The molecule has 8 nitrogen and oxygen atoms in total. The van der Waals surface area contributed by atoms with Crippen LogP contribution >= 0.6 is 15.9 Å². The highest BCUT2D eigenvalue weighted by Gasteiger charge is 2.14. The number of rotatable bonds is 1. The number of nitrogens with zero attached hydrogens (tertiary/aromatic N) is 7. The van der Waals surface area contributed by atoms with Crippen molar-refractivity contribution in [2.75, 3.05) is 5.73 Å². The number of hydrogen-bond donors (Lipinski definition) is 1. The molecule has 0 saturated carbocycles. The van der Waals surface area contributed by atoms with E-state index in [-0.39, 0.29) is 5.95 Å². The standard InChI is InChI=1S/C8H7BrN8/c1-16-5-4(2-13-16)6(12-3-11-5)17-7(9)14-8(10)15-17/h2-3H,1H3,(H2,10,15). The fraction of sp³-hybridized carbons (Fsp3) is 0.125. The second-order valence-corrected chi connectivity index (χ2v) is 4.06. The zero-order chi connectivity index (χ0) is 12.0. The van der Waals surface area contributed by atoms with Gasteiger partial charge in [-0.25, -0.2) is 9.97 Å². The van der Waals surface area contributed by atoms with Gasteiger partial charge in [0.2, 0.25) is 10.7 Å². The zero-order valence-electron chi connectivity index (χ0n) is 8.74. The van der Waals surface area contributed by atoms with E-state index in [0.29, 0.717) is 10.6 Å². The Balaban J connectivity index is 2.34. The Kier molecular flexibility index (Phi) is 2.08. The highest BCUT2D eigenvalue weighted by atomic mass is 79.9. The Labute approximate surface area is 104 Å². The highest BCUT2D eigenvalue weighted by molar-refractivity contribution is 9.10. The van der Waals surface area contributed by atoms with Crippen molar-refractivity contribution in [3.63, 3.8) is 0 Å². The number of fused-ring (bicyclic) bond motifs is 1. The first kappa shape index (κ1) is 10.1. The summed E-state index contributed by atoms with van der Waals surface area (Å²) >= 11 is 3.27. The van der Waals surface area contributed by atoms with Crippen molar-refractivity contribution in [1.82, 2.24) is 34.5 Å². The van der Waals surface area contributed by atoms with Gasteiger partial charge in [-0.3, -0.25) is 4.68 Å². The summed E-state index contributed by atoms with van der Waals surface area (Å²) in [5.74, 6) is 0.756. The number of anilines is 1. The van der Waals surface area contributed by atoms with E-state index < -0.39 is 0 Å². The molecule has 0 unspecified atom stereocenters. The molecule has 0 amide bonds. The van der Waals surface area contributed by atoms with Crippen LogP contribution in [-0.4, -0.2) is 34.5 Å². The monoisotopic (exact) mass is 294 g/mol. The van der Waals surface area contributed by atoms with Gasteiger partial charge in [-0.15, -0.1) is 5.10 Å². The van der Waals surface area contributed by atoms with Crippen LogP contribution in [0.1, 0.15) is 0 Å². The quantitative estimate of drug-likeness (QED) is 0.692. The van der Waals surface area contributed by atoms with Crippen molar-refractivity contribution in [2.24, 2.45) is 7.05 Å². The molecule has 86 valence electrons. The molecule has 0 aliphatic rings. The average molecular weight is 295 g/mol. The van der Waals surface area contributed by atoms with Gasteiger partial charge in [-0.2, -0.15) is 14.8 Å². The third-order valence-electron chi connectivity index (χ3n) is 2.29. The molecule has 2 N–H and O–H groups in total. The first-order valence-corrected chi connectivity index (χ1v) is 5.47. The number of nitrogens with two attached hydrogens (primary N) is 1. The maximum absolute atomic E-state index is 5.53. The van der Waals surface area contributed by atoms with E-state index in [0.717, 1.165) is 11.0 Å². The lowest BCUT2D eigenvalue weighted by Crippen LogP contribution is -2.02. The van der Waals surface area contributed by atoms with Crippen LogP contribution < -0.4 is 5.73 Å². The first-order chi connectivity index (χ1) is 8.16. The summed E-state index contributed by atoms with van der Waals surface area (Å²) in [7, 11) is 1.81. The summed E-state index contributed by atoms with van der Waals surface area (Å²) in [6.45, 7) is 0. The van der Waals surface area contributed by atoms with Crippen LogP contribution in [0.4, 0.5) is 5.95 Å². The summed E-state index contributed by atoms with van der Waals surface area (Å²) in [5, 5.41) is 8.95. The van der Waals surface area contributed by atoms with Crippen LogP contribution in [-0.2, 0) is 7.05 Å². The number of hydrogen-bond acceptors (Lipinski definition) is 6. The fourth-order valence-corrected chi connectivity index (χ4v) is 1.99. The minimum atomic E-state index is 0.174. The number of halogens is 1. The summed E-state index contributed by atoms with van der Waals surface area (Å²) in [6.07, 6.45) is 3.12. The number of aromatic nitrogens is 7. The van der Waals surface area contributed by atoms with Crippen molar-refractivity contribution in [1.29, 1.82) is 0 Å². The van der Waals surface area contributed by atoms with Gasteiger partial charge in [0.15, 0.2) is 11.5 Å². The van der Waals surface area contributed by atoms with E-state index in [9.17, 15) is 0 Å². The fourth-order valence-electron chi connectivity index (χ4n) is 1.56.